The normalized spacial score (nSPS) is 11.6. The molecule has 3 aromatic rings. The van der Waals surface area contributed by atoms with Crippen LogP contribution in [0.25, 0.3) is 10.6 Å². The number of carbonyl (C=O) groups is 1. The zero-order chi connectivity index (χ0) is 18.2. The van der Waals surface area contributed by atoms with Crippen molar-refractivity contribution in [3.63, 3.8) is 0 Å². The van der Waals surface area contributed by atoms with Crippen LogP contribution < -0.4 is 5.32 Å². The molecule has 0 fully saturated rings. The van der Waals surface area contributed by atoms with Crippen LogP contribution >= 0.6 is 11.3 Å². The van der Waals surface area contributed by atoms with Gasteiger partial charge in [0.25, 0.3) is 5.91 Å². The second kappa shape index (κ2) is 6.32. The number of hydrogen-bond acceptors (Lipinski definition) is 4. The van der Waals surface area contributed by atoms with Crippen molar-refractivity contribution in [3.05, 3.63) is 52.7 Å². The Morgan fingerprint density at radius 1 is 1.20 bits per heavy atom. The number of alkyl halides is 3. The van der Waals surface area contributed by atoms with Crippen molar-refractivity contribution < 1.29 is 18.0 Å². The van der Waals surface area contributed by atoms with Gasteiger partial charge in [0.05, 0.1) is 11.3 Å². The van der Waals surface area contributed by atoms with Crippen LogP contribution in [0.5, 0.6) is 0 Å². The Hall–Kier alpha value is -2.68. The lowest BCUT2D eigenvalue weighted by molar-refractivity contribution is -0.137. The highest BCUT2D eigenvalue weighted by Gasteiger charge is 2.30. The van der Waals surface area contributed by atoms with E-state index >= 15 is 0 Å². The molecule has 0 unspecified atom stereocenters. The summed E-state index contributed by atoms with van der Waals surface area (Å²) < 4.78 is 39.5. The molecule has 0 aliphatic rings. The molecule has 130 valence electrons. The van der Waals surface area contributed by atoms with Crippen molar-refractivity contribution in [1.82, 2.24) is 14.8 Å². The van der Waals surface area contributed by atoms with E-state index in [4.69, 9.17) is 0 Å². The Morgan fingerprint density at radius 3 is 2.44 bits per heavy atom. The van der Waals surface area contributed by atoms with Gasteiger partial charge in [-0.1, -0.05) is 12.1 Å². The van der Waals surface area contributed by atoms with E-state index in [1.165, 1.54) is 12.1 Å². The second-order valence-corrected chi connectivity index (χ2v) is 6.34. The largest absolute Gasteiger partial charge is 0.416 e. The second-order valence-electron chi connectivity index (χ2n) is 5.34. The fourth-order valence-electron chi connectivity index (χ4n) is 2.19. The minimum Gasteiger partial charge on any atom is -0.304 e. The van der Waals surface area contributed by atoms with E-state index in [1.54, 1.807) is 30.9 Å². The summed E-state index contributed by atoms with van der Waals surface area (Å²) in [5.74, 6) is 0.0586. The first-order valence-corrected chi connectivity index (χ1v) is 8.02. The number of rotatable bonds is 3. The van der Waals surface area contributed by atoms with Gasteiger partial charge in [0.15, 0.2) is 5.82 Å². The van der Waals surface area contributed by atoms with Gasteiger partial charge in [-0.3, -0.25) is 9.48 Å². The zero-order valence-electron chi connectivity index (χ0n) is 13.3. The van der Waals surface area contributed by atoms with Crippen LogP contribution in [0.2, 0.25) is 0 Å². The lowest BCUT2D eigenvalue weighted by Gasteiger charge is -2.06. The van der Waals surface area contributed by atoms with Gasteiger partial charge in [0.1, 0.15) is 9.88 Å². The SMILES string of the molecule is Cc1nc(-c2ccc(C(F)(F)F)cc2)sc1C(=O)Nc1ccn(C)n1. The molecular weight excluding hydrogens is 353 g/mol. The van der Waals surface area contributed by atoms with E-state index in [-0.39, 0.29) is 5.91 Å². The minimum absolute atomic E-state index is 0.355. The molecule has 2 heterocycles. The lowest BCUT2D eigenvalue weighted by Crippen LogP contribution is -2.12. The van der Waals surface area contributed by atoms with Gasteiger partial charge < -0.3 is 5.32 Å². The van der Waals surface area contributed by atoms with Crippen LogP contribution in [0, 0.1) is 6.92 Å². The number of amides is 1. The number of nitrogens with zero attached hydrogens (tertiary/aromatic N) is 3. The molecule has 5 nitrogen and oxygen atoms in total. The fraction of sp³-hybridized carbons (Fsp3) is 0.188. The smallest absolute Gasteiger partial charge is 0.304 e. The maximum Gasteiger partial charge on any atom is 0.416 e. The van der Waals surface area contributed by atoms with Crippen LogP contribution in [0.3, 0.4) is 0 Å². The topological polar surface area (TPSA) is 59.8 Å². The molecule has 3 rings (SSSR count). The molecule has 25 heavy (non-hydrogen) atoms. The molecule has 9 heteroatoms. The number of carbonyl (C=O) groups excluding carboxylic acids is 1. The highest BCUT2D eigenvalue weighted by molar-refractivity contribution is 7.17. The molecular formula is C16H13F3N4OS. The summed E-state index contributed by atoms with van der Waals surface area (Å²) in [5, 5.41) is 7.21. The molecule has 1 N–H and O–H groups in total. The van der Waals surface area contributed by atoms with Gasteiger partial charge >= 0.3 is 6.18 Å². The first-order valence-electron chi connectivity index (χ1n) is 7.20. The van der Waals surface area contributed by atoms with Crippen LogP contribution in [-0.4, -0.2) is 20.7 Å². The van der Waals surface area contributed by atoms with Gasteiger partial charge in [-0.2, -0.15) is 18.3 Å². The summed E-state index contributed by atoms with van der Waals surface area (Å²) >= 11 is 1.12. The summed E-state index contributed by atoms with van der Waals surface area (Å²) in [4.78, 5) is 17.0. The minimum atomic E-state index is -4.38. The van der Waals surface area contributed by atoms with Crippen molar-refractivity contribution in [3.8, 4) is 10.6 Å². The number of thiazole rings is 1. The molecule has 0 aliphatic heterocycles. The standard InChI is InChI=1S/C16H13F3N4OS/c1-9-13(14(24)21-12-7-8-23(2)22-12)25-15(20-9)10-3-5-11(6-4-10)16(17,18)19/h3-8H,1-2H3,(H,21,22,24). The predicted molar refractivity (Wildman–Crippen MR) is 88.5 cm³/mol. The van der Waals surface area contributed by atoms with Gasteiger partial charge in [0.2, 0.25) is 0 Å². The Kier molecular flexibility index (Phi) is 4.34. The molecule has 0 radical (unpaired) electrons. The average molecular weight is 366 g/mol. The van der Waals surface area contributed by atoms with E-state index in [1.807, 2.05) is 0 Å². The molecule has 0 aliphatic carbocycles. The Morgan fingerprint density at radius 2 is 1.88 bits per heavy atom. The third-order valence-corrected chi connectivity index (χ3v) is 4.62. The molecule has 0 saturated heterocycles. The van der Waals surface area contributed by atoms with Crippen molar-refractivity contribution in [2.24, 2.45) is 7.05 Å². The van der Waals surface area contributed by atoms with E-state index in [9.17, 15) is 18.0 Å². The first-order chi connectivity index (χ1) is 11.7. The third-order valence-electron chi connectivity index (χ3n) is 3.42. The summed E-state index contributed by atoms with van der Waals surface area (Å²) in [6.45, 7) is 1.68. The molecule has 0 bridgehead atoms. The maximum atomic E-state index is 12.6. The zero-order valence-corrected chi connectivity index (χ0v) is 14.1. The van der Waals surface area contributed by atoms with Crippen molar-refractivity contribution in [1.29, 1.82) is 0 Å². The van der Waals surface area contributed by atoms with E-state index in [0.717, 1.165) is 23.5 Å². The van der Waals surface area contributed by atoms with Crippen molar-refractivity contribution in [2.45, 2.75) is 13.1 Å². The third kappa shape index (κ3) is 3.71. The molecule has 1 aromatic carbocycles. The van der Waals surface area contributed by atoms with E-state index in [2.05, 4.69) is 15.4 Å². The highest BCUT2D eigenvalue weighted by Crippen LogP contribution is 2.33. The van der Waals surface area contributed by atoms with Gasteiger partial charge in [-0.05, 0) is 19.1 Å². The van der Waals surface area contributed by atoms with Gasteiger partial charge in [-0.15, -0.1) is 11.3 Å². The molecule has 0 atom stereocenters. The average Bonchev–Trinajstić information content (AvgIpc) is 3.12. The number of aromatic nitrogens is 3. The first kappa shape index (κ1) is 17.2. The Balaban J connectivity index is 1.83. The molecule has 1 amide bonds. The number of hydrogen-bond donors (Lipinski definition) is 1. The molecule has 2 aromatic heterocycles. The van der Waals surface area contributed by atoms with Crippen LogP contribution in [0.1, 0.15) is 20.9 Å². The van der Waals surface area contributed by atoms with Crippen LogP contribution in [-0.2, 0) is 13.2 Å². The van der Waals surface area contributed by atoms with Crippen LogP contribution in [0.4, 0.5) is 19.0 Å². The monoisotopic (exact) mass is 366 g/mol. The molecule has 0 spiro atoms. The quantitative estimate of drug-likeness (QED) is 0.758. The predicted octanol–water partition coefficient (Wildman–Crippen LogP) is 4.12. The Labute approximate surface area is 145 Å². The number of nitrogens with one attached hydrogen (secondary N) is 1. The summed E-state index contributed by atoms with van der Waals surface area (Å²) in [6.07, 6.45) is -2.69. The summed E-state index contributed by atoms with van der Waals surface area (Å²) in [7, 11) is 1.73. The number of aryl methyl sites for hydroxylation is 2. The van der Waals surface area contributed by atoms with Crippen molar-refractivity contribution in [2.75, 3.05) is 5.32 Å². The highest BCUT2D eigenvalue weighted by atomic mass is 32.1. The van der Waals surface area contributed by atoms with Crippen LogP contribution in [0.15, 0.2) is 36.5 Å². The molecule has 0 saturated carbocycles. The Bertz CT molecular complexity index is 912. The number of anilines is 1. The number of benzene rings is 1. The van der Waals surface area contributed by atoms with Crippen molar-refractivity contribution >= 4 is 23.1 Å². The fourth-order valence-corrected chi connectivity index (χ4v) is 3.15. The van der Waals surface area contributed by atoms with E-state index in [0.29, 0.717) is 27.0 Å². The maximum absolute atomic E-state index is 12.6. The lowest BCUT2D eigenvalue weighted by atomic mass is 10.1. The summed E-state index contributed by atoms with van der Waals surface area (Å²) in [5.41, 5.74) is 0.309. The van der Waals surface area contributed by atoms with Gasteiger partial charge in [-0.25, -0.2) is 4.98 Å². The van der Waals surface area contributed by atoms with Gasteiger partial charge in [0, 0.05) is 24.9 Å². The number of halogens is 3. The summed E-state index contributed by atoms with van der Waals surface area (Å²) in [6, 6.07) is 6.35. The van der Waals surface area contributed by atoms with E-state index < -0.39 is 11.7 Å².